The molecule has 2 fully saturated rings. The van der Waals surface area contributed by atoms with Gasteiger partial charge in [0.2, 0.25) is 5.95 Å². The second-order valence-corrected chi connectivity index (χ2v) is 8.83. The number of hydrogen-bond acceptors (Lipinski definition) is 6. The van der Waals surface area contributed by atoms with Gasteiger partial charge >= 0.3 is 0 Å². The van der Waals surface area contributed by atoms with Crippen LogP contribution in [-0.2, 0) is 0 Å². The number of halogens is 1. The molecule has 1 N–H and O–H groups in total. The zero-order valence-corrected chi connectivity index (χ0v) is 19.0. The van der Waals surface area contributed by atoms with Gasteiger partial charge < -0.3 is 19.7 Å². The molecule has 1 aliphatic carbocycles. The minimum Gasteiger partial charge on any atom is -0.336 e. The van der Waals surface area contributed by atoms with Crippen molar-refractivity contribution in [3.8, 4) is 11.4 Å². The summed E-state index contributed by atoms with van der Waals surface area (Å²) >= 11 is 0. The zero-order chi connectivity index (χ0) is 22.9. The van der Waals surface area contributed by atoms with Gasteiger partial charge in [-0.05, 0) is 57.5 Å². The number of piperazine rings is 1. The number of carbonyl (C=O) groups is 1. The van der Waals surface area contributed by atoms with Crippen molar-refractivity contribution >= 4 is 17.5 Å². The van der Waals surface area contributed by atoms with Gasteiger partial charge in [-0.2, -0.15) is 0 Å². The number of nitrogens with one attached hydrogen (secondary N) is 1. The fraction of sp³-hybridized carbons (Fsp3) is 0.417. The second kappa shape index (κ2) is 8.90. The van der Waals surface area contributed by atoms with Crippen molar-refractivity contribution in [3.63, 3.8) is 0 Å². The number of likely N-dealkylation sites (N-methyl/N-ethyl adjacent to an activating group) is 1. The molecule has 2 aromatic heterocycles. The van der Waals surface area contributed by atoms with Crippen LogP contribution in [0.2, 0.25) is 0 Å². The summed E-state index contributed by atoms with van der Waals surface area (Å²) in [7, 11) is 2.02. The van der Waals surface area contributed by atoms with Gasteiger partial charge in [0.1, 0.15) is 11.6 Å². The highest BCUT2D eigenvalue weighted by Crippen LogP contribution is 2.36. The minimum atomic E-state index is -0.557. The average Bonchev–Trinajstić information content (AvgIpc) is 3.14. The van der Waals surface area contributed by atoms with E-state index in [1.54, 1.807) is 17.2 Å². The molecule has 172 valence electrons. The fourth-order valence-electron chi connectivity index (χ4n) is 4.39. The summed E-state index contributed by atoms with van der Waals surface area (Å²) in [5.41, 5.74) is 2.30. The first-order valence-corrected chi connectivity index (χ1v) is 11.4. The van der Waals surface area contributed by atoms with E-state index in [1.807, 2.05) is 26.2 Å². The van der Waals surface area contributed by atoms with E-state index in [9.17, 15) is 9.18 Å². The number of nitrogens with zero attached hydrogens (tertiary/aromatic N) is 6. The van der Waals surface area contributed by atoms with Gasteiger partial charge in [0.15, 0.2) is 0 Å². The number of aryl methyl sites for hydroxylation is 1. The molecule has 5 rings (SSSR count). The molecule has 3 heterocycles. The standard InChI is InChI=1S/C24H28FN7O/c1-16-27-15-22(32(16)18-4-3-5-18)21-8-9-26-24(29-21)28-17-6-7-19(20(25)14-17)23(33)31-12-10-30(2)11-13-31/h6-9,14-15,18H,3-5,10-13H2,1-2H3,(H,26,28,29). The van der Waals surface area contributed by atoms with Crippen molar-refractivity contribution in [1.82, 2.24) is 29.3 Å². The third-order valence-electron chi connectivity index (χ3n) is 6.59. The van der Waals surface area contributed by atoms with E-state index in [0.717, 1.165) is 43.1 Å². The molecular formula is C24H28FN7O. The largest absolute Gasteiger partial charge is 0.336 e. The van der Waals surface area contributed by atoms with E-state index in [0.29, 0.717) is 30.8 Å². The maximum absolute atomic E-state index is 14.8. The van der Waals surface area contributed by atoms with Crippen LogP contribution in [-0.4, -0.2) is 68.5 Å². The third kappa shape index (κ3) is 4.32. The Hall–Kier alpha value is -3.33. The van der Waals surface area contributed by atoms with Crippen LogP contribution in [0, 0.1) is 12.7 Å². The van der Waals surface area contributed by atoms with Crippen molar-refractivity contribution in [2.45, 2.75) is 32.2 Å². The monoisotopic (exact) mass is 449 g/mol. The highest BCUT2D eigenvalue weighted by molar-refractivity contribution is 5.95. The summed E-state index contributed by atoms with van der Waals surface area (Å²) in [4.78, 5) is 30.0. The van der Waals surface area contributed by atoms with Crippen molar-refractivity contribution in [2.75, 3.05) is 38.5 Å². The molecule has 8 nitrogen and oxygen atoms in total. The molecule has 1 saturated heterocycles. The van der Waals surface area contributed by atoms with Crippen LogP contribution in [0.5, 0.6) is 0 Å². The number of anilines is 2. The third-order valence-corrected chi connectivity index (χ3v) is 6.59. The Balaban J connectivity index is 1.33. The fourth-order valence-corrected chi connectivity index (χ4v) is 4.39. The van der Waals surface area contributed by atoms with Gasteiger partial charge in [-0.3, -0.25) is 4.79 Å². The first-order chi connectivity index (χ1) is 16.0. The number of imidazole rings is 1. The Morgan fingerprint density at radius 2 is 1.91 bits per heavy atom. The minimum absolute atomic E-state index is 0.0830. The molecule has 2 aliphatic rings. The molecule has 1 amide bonds. The Morgan fingerprint density at radius 1 is 1.12 bits per heavy atom. The lowest BCUT2D eigenvalue weighted by Gasteiger charge is -2.32. The number of hydrogen-bond donors (Lipinski definition) is 1. The zero-order valence-electron chi connectivity index (χ0n) is 19.0. The Bertz CT molecular complexity index is 1170. The molecule has 1 saturated carbocycles. The maximum atomic E-state index is 14.8. The average molecular weight is 450 g/mol. The van der Waals surface area contributed by atoms with Crippen LogP contribution in [0.25, 0.3) is 11.4 Å². The van der Waals surface area contributed by atoms with Gasteiger partial charge in [-0.25, -0.2) is 19.3 Å². The molecule has 0 radical (unpaired) electrons. The van der Waals surface area contributed by atoms with E-state index >= 15 is 0 Å². The molecule has 3 aromatic rings. The molecule has 1 aromatic carbocycles. The number of carbonyl (C=O) groups excluding carboxylic acids is 1. The van der Waals surface area contributed by atoms with Crippen molar-refractivity contribution in [2.24, 2.45) is 0 Å². The first kappa shape index (κ1) is 21.5. The SMILES string of the molecule is Cc1ncc(-c2ccnc(Nc3ccc(C(=O)N4CCN(C)CC4)c(F)c3)n2)n1C1CCC1. The molecule has 9 heteroatoms. The summed E-state index contributed by atoms with van der Waals surface area (Å²) in [5.74, 6) is 0.512. The highest BCUT2D eigenvalue weighted by atomic mass is 19.1. The van der Waals surface area contributed by atoms with Gasteiger partial charge in [0.05, 0.1) is 23.1 Å². The van der Waals surface area contributed by atoms with Crippen molar-refractivity contribution < 1.29 is 9.18 Å². The molecule has 0 unspecified atom stereocenters. The van der Waals surface area contributed by atoms with Gasteiger partial charge in [-0.1, -0.05) is 0 Å². The van der Waals surface area contributed by atoms with Crippen LogP contribution in [0.3, 0.4) is 0 Å². The summed E-state index contributed by atoms with van der Waals surface area (Å²) in [6, 6.07) is 6.85. The lowest BCUT2D eigenvalue weighted by molar-refractivity contribution is 0.0659. The predicted octanol–water partition coefficient (Wildman–Crippen LogP) is 3.64. The first-order valence-electron chi connectivity index (χ1n) is 11.4. The number of benzene rings is 1. The Morgan fingerprint density at radius 3 is 2.61 bits per heavy atom. The van der Waals surface area contributed by atoms with E-state index in [1.165, 1.54) is 18.6 Å². The number of amides is 1. The quantitative estimate of drug-likeness (QED) is 0.641. The molecule has 0 spiro atoms. The van der Waals surface area contributed by atoms with Crippen molar-refractivity contribution in [1.29, 1.82) is 0 Å². The van der Waals surface area contributed by atoms with E-state index in [2.05, 4.69) is 29.7 Å². The summed E-state index contributed by atoms with van der Waals surface area (Å²) in [5, 5.41) is 3.07. The Kier molecular flexibility index (Phi) is 5.80. The lowest BCUT2D eigenvalue weighted by Crippen LogP contribution is -2.47. The lowest BCUT2D eigenvalue weighted by atomic mass is 9.92. The maximum Gasteiger partial charge on any atom is 0.256 e. The summed E-state index contributed by atoms with van der Waals surface area (Å²) < 4.78 is 17.1. The van der Waals surface area contributed by atoms with Crippen LogP contribution in [0.4, 0.5) is 16.0 Å². The summed E-state index contributed by atoms with van der Waals surface area (Å²) in [6.45, 7) is 4.80. The van der Waals surface area contributed by atoms with Crippen molar-refractivity contribution in [3.05, 3.63) is 53.9 Å². The predicted molar refractivity (Wildman–Crippen MR) is 124 cm³/mol. The molecule has 0 bridgehead atoms. The van der Waals surface area contributed by atoms with Gasteiger partial charge in [0, 0.05) is 44.1 Å². The Labute approximate surface area is 192 Å². The van der Waals surface area contributed by atoms with Crippen LogP contribution < -0.4 is 5.32 Å². The molecular weight excluding hydrogens is 421 g/mol. The molecule has 33 heavy (non-hydrogen) atoms. The van der Waals surface area contributed by atoms with Crippen LogP contribution in [0.1, 0.15) is 41.5 Å². The summed E-state index contributed by atoms with van der Waals surface area (Å²) in [6.07, 6.45) is 7.06. The van der Waals surface area contributed by atoms with Crippen LogP contribution >= 0.6 is 0 Å². The smallest absolute Gasteiger partial charge is 0.256 e. The van der Waals surface area contributed by atoms with Gasteiger partial charge in [-0.15, -0.1) is 0 Å². The normalized spacial score (nSPS) is 17.1. The number of rotatable bonds is 5. The number of aromatic nitrogens is 4. The topological polar surface area (TPSA) is 79.2 Å². The van der Waals surface area contributed by atoms with E-state index in [-0.39, 0.29) is 11.5 Å². The van der Waals surface area contributed by atoms with Gasteiger partial charge in [0.25, 0.3) is 5.91 Å². The molecule has 0 atom stereocenters. The van der Waals surface area contributed by atoms with E-state index < -0.39 is 5.82 Å². The van der Waals surface area contributed by atoms with Crippen LogP contribution in [0.15, 0.2) is 36.7 Å². The second-order valence-electron chi connectivity index (χ2n) is 8.83. The van der Waals surface area contributed by atoms with E-state index in [4.69, 9.17) is 0 Å². The highest BCUT2D eigenvalue weighted by Gasteiger charge is 2.25. The molecule has 1 aliphatic heterocycles.